The van der Waals surface area contributed by atoms with Gasteiger partial charge in [0.05, 0.1) is 0 Å². The molecule has 1 aliphatic rings. The maximum atomic E-state index is 11.5. The number of hydrogen-bond acceptors (Lipinski definition) is 4. The van der Waals surface area contributed by atoms with Crippen molar-refractivity contribution < 1.29 is 9.90 Å². The molecule has 3 N–H and O–H groups in total. The summed E-state index contributed by atoms with van der Waals surface area (Å²) in [5, 5.41) is 12.4. The number of rotatable bonds is 1. The Kier molecular flexibility index (Phi) is 2.67. The van der Waals surface area contributed by atoms with Crippen LogP contribution in [-0.2, 0) is 0 Å². The molecule has 2 amide bonds. The van der Waals surface area contributed by atoms with Crippen molar-refractivity contribution in [2.75, 3.05) is 14.1 Å². The van der Waals surface area contributed by atoms with Crippen molar-refractivity contribution in [3.8, 4) is 5.75 Å². The van der Waals surface area contributed by atoms with E-state index in [1.165, 1.54) is 10.0 Å². The molecule has 1 heterocycles. The van der Waals surface area contributed by atoms with Gasteiger partial charge in [0.15, 0.2) is 0 Å². The van der Waals surface area contributed by atoms with Gasteiger partial charge in [0.25, 0.3) is 0 Å². The fourth-order valence-corrected chi connectivity index (χ4v) is 1.62. The molecule has 0 atom stereocenters. The number of nitrogens with zero attached hydrogens (tertiary/aromatic N) is 2. The van der Waals surface area contributed by atoms with Crippen molar-refractivity contribution in [3.05, 3.63) is 29.8 Å². The summed E-state index contributed by atoms with van der Waals surface area (Å²) in [6.45, 7) is 0. The van der Waals surface area contributed by atoms with E-state index in [0.29, 0.717) is 5.56 Å². The highest BCUT2D eigenvalue weighted by atomic mass is 16.3. The van der Waals surface area contributed by atoms with Crippen LogP contribution >= 0.6 is 0 Å². The number of hydrogen-bond donors (Lipinski definition) is 3. The highest BCUT2D eigenvalue weighted by Crippen LogP contribution is 2.23. The number of aromatic hydroxyl groups is 1. The maximum Gasteiger partial charge on any atom is 0.348 e. The lowest BCUT2D eigenvalue weighted by Gasteiger charge is -2.38. The molecular formula is C10H14N4O2. The molecule has 0 unspecified atom stereocenters. The van der Waals surface area contributed by atoms with Crippen LogP contribution in [-0.4, -0.2) is 35.3 Å². The van der Waals surface area contributed by atoms with E-state index in [9.17, 15) is 9.90 Å². The number of benzene rings is 1. The Morgan fingerprint density at radius 2 is 1.75 bits per heavy atom. The largest absolute Gasteiger partial charge is 0.508 e. The van der Waals surface area contributed by atoms with Crippen molar-refractivity contribution in [1.82, 2.24) is 20.9 Å². The van der Waals surface area contributed by atoms with E-state index in [1.54, 1.807) is 32.3 Å². The third-order valence-corrected chi connectivity index (χ3v) is 2.47. The molecule has 0 spiro atoms. The molecular weight excluding hydrogens is 208 g/mol. The molecule has 0 bridgehead atoms. The number of carbonyl (C=O) groups is 1. The standard InChI is InChI=1S/C10H14N4O2/c1-13-10(16)14(2)12-9(11-13)7-5-3-4-6-8(7)15/h3-6,9,11-12,15H,1-2H3. The fraction of sp³-hybridized carbons (Fsp3) is 0.300. The summed E-state index contributed by atoms with van der Waals surface area (Å²) in [6.07, 6.45) is -0.325. The van der Waals surface area contributed by atoms with Crippen LogP contribution in [0.25, 0.3) is 0 Å². The minimum Gasteiger partial charge on any atom is -0.508 e. The van der Waals surface area contributed by atoms with Crippen LogP contribution in [0.4, 0.5) is 4.79 Å². The van der Waals surface area contributed by atoms with Crippen molar-refractivity contribution in [2.45, 2.75) is 6.17 Å². The average Bonchev–Trinajstić information content (AvgIpc) is 2.26. The molecule has 2 rings (SSSR count). The fourth-order valence-electron chi connectivity index (χ4n) is 1.62. The molecule has 1 saturated heterocycles. The Hall–Kier alpha value is -1.79. The lowest BCUT2D eigenvalue weighted by molar-refractivity contribution is 0.0571. The first-order chi connectivity index (χ1) is 7.59. The van der Waals surface area contributed by atoms with Gasteiger partial charge in [0, 0.05) is 19.7 Å². The van der Waals surface area contributed by atoms with Crippen LogP contribution in [0.1, 0.15) is 11.7 Å². The molecule has 86 valence electrons. The van der Waals surface area contributed by atoms with Crippen LogP contribution in [0.15, 0.2) is 24.3 Å². The van der Waals surface area contributed by atoms with E-state index in [4.69, 9.17) is 0 Å². The SMILES string of the molecule is CN1NC(c2ccccc2O)NN(C)C1=O. The van der Waals surface area contributed by atoms with Gasteiger partial charge in [-0.2, -0.15) is 0 Å². The molecule has 1 aromatic rings. The molecule has 1 aliphatic heterocycles. The highest BCUT2D eigenvalue weighted by molar-refractivity contribution is 5.73. The van der Waals surface area contributed by atoms with Gasteiger partial charge in [-0.05, 0) is 6.07 Å². The van der Waals surface area contributed by atoms with Crippen LogP contribution in [0.3, 0.4) is 0 Å². The first-order valence-electron chi connectivity index (χ1n) is 4.91. The van der Waals surface area contributed by atoms with Crippen molar-refractivity contribution >= 4 is 6.03 Å². The van der Waals surface area contributed by atoms with E-state index >= 15 is 0 Å². The third-order valence-electron chi connectivity index (χ3n) is 2.47. The Morgan fingerprint density at radius 1 is 1.19 bits per heavy atom. The quantitative estimate of drug-likeness (QED) is 0.643. The first-order valence-corrected chi connectivity index (χ1v) is 4.91. The van der Waals surface area contributed by atoms with Gasteiger partial charge >= 0.3 is 6.03 Å². The number of nitrogens with one attached hydrogen (secondary N) is 2. The third kappa shape index (κ3) is 1.80. The van der Waals surface area contributed by atoms with Gasteiger partial charge in [-0.3, -0.25) is 10.0 Å². The second-order valence-electron chi connectivity index (χ2n) is 3.65. The predicted molar refractivity (Wildman–Crippen MR) is 58.0 cm³/mol. The van der Waals surface area contributed by atoms with E-state index in [2.05, 4.69) is 10.9 Å². The van der Waals surface area contributed by atoms with Gasteiger partial charge < -0.3 is 5.11 Å². The van der Waals surface area contributed by atoms with Gasteiger partial charge in [0.2, 0.25) is 0 Å². The molecule has 1 fully saturated rings. The zero-order valence-electron chi connectivity index (χ0n) is 9.14. The minimum atomic E-state index is -0.325. The van der Waals surface area contributed by atoms with E-state index in [-0.39, 0.29) is 17.9 Å². The maximum absolute atomic E-state index is 11.5. The summed E-state index contributed by atoms with van der Waals surface area (Å²) in [6, 6.07) is 6.79. The molecule has 0 saturated carbocycles. The lowest BCUT2D eigenvalue weighted by Crippen LogP contribution is -2.62. The van der Waals surface area contributed by atoms with E-state index in [0.717, 1.165) is 0 Å². The van der Waals surface area contributed by atoms with E-state index < -0.39 is 0 Å². The number of para-hydroxylation sites is 1. The molecule has 0 radical (unpaired) electrons. The van der Waals surface area contributed by atoms with Crippen LogP contribution in [0, 0.1) is 0 Å². The van der Waals surface area contributed by atoms with E-state index in [1.807, 2.05) is 6.07 Å². The average molecular weight is 222 g/mol. The molecule has 0 aliphatic carbocycles. The molecule has 6 heteroatoms. The monoisotopic (exact) mass is 222 g/mol. The number of hydrazine groups is 2. The number of phenolic OH excluding ortho intramolecular Hbond substituents is 1. The van der Waals surface area contributed by atoms with Crippen LogP contribution < -0.4 is 10.9 Å². The summed E-state index contributed by atoms with van der Waals surface area (Å²) in [7, 11) is 3.26. The van der Waals surface area contributed by atoms with Crippen molar-refractivity contribution in [1.29, 1.82) is 0 Å². The van der Waals surface area contributed by atoms with Crippen molar-refractivity contribution in [3.63, 3.8) is 0 Å². The first kappa shape index (κ1) is 10.7. The summed E-state index contributed by atoms with van der Waals surface area (Å²) in [5.41, 5.74) is 6.54. The smallest absolute Gasteiger partial charge is 0.348 e. The zero-order valence-corrected chi connectivity index (χ0v) is 9.14. The molecule has 0 aromatic heterocycles. The topological polar surface area (TPSA) is 67.8 Å². The van der Waals surface area contributed by atoms with Gasteiger partial charge in [-0.15, -0.1) is 0 Å². The summed E-state index contributed by atoms with van der Waals surface area (Å²) < 4.78 is 0. The molecule has 1 aromatic carbocycles. The minimum absolute atomic E-state index is 0.184. The lowest BCUT2D eigenvalue weighted by atomic mass is 10.1. The normalized spacial score (nSPS) is 18.0. The number of phenols is 1. The summed E-state index contributed by atoms with van der Waals surface area (Å²) in [5.74, 6) is 0.184. The summed E-state index contributed by atoms with van der Waals surface area (Å²) >= 11 is 0. The highest BCUT2D eigenvalue weighted by Gasteiger charge is 2.28. The Bertz CT molecular complexity index is 396. The Morgan fingerprint density at radius 3 is 2.31 bits per heavy atom. The molecule has 16 heavy (non-hydrogen) atoms. The van der Waals surface area contributed by atoms with Crippen LogP contribution in [0.2, 0.25) is 0 Å². The Labute approximate surface area is 93.4 Å². The second kappa shape index (κ2) is 3.99. The summed E-state index contributed by atoms with van der Waals surface area (Å²) in [4.78, 5) is 11.5. The van der Waals surface area contributed by atoms with Gasteiger partial charge in [0.1, 0.15) is 11.9 Å². The van der Waals surface area contributed by atoms with Crippen molar-refractivity contribution in [2.24, 2.45) is 0 Å². The number of amides is 2. The van der Waals surface area contributed by atoms with Gasteiger partial charge in [-0.25, -0.2) is 15.6 Å². The number of carbonyl (C=O) groups excluding carboxylic acids is 1. The van der Waals surface area contributed by atoms with Crippen LogP contribution in [0.5, 0.6) is 5.75 Å². The number of urea groups is 1. The predicted octanol–water partition coefficient (Wildman–Crippen LogP) is 0.397. The van der Waals surface area contributed by atoms with Gasteiger partial charge in [-0.1, -0.05) is 18.2 Å². The Balaban J connectivity index is 2.24. The zero-order chi connectivity index (χ0) is 11.7. The molecule has 6 nitrogen and oxygen atoms in total. The second-order valence-corrected chi connectivity index (χ2v) is 3.65.